The summed E-state index contributed by atoms with van der Waals surface area (Å²) in [5.74, 6) is 0. The summed E-state index contributed by atoms with van der Waals surface area (Å²) in [5, 5.41) is 26.8. The molecule has 0 atom stereocenters. The molecule has 10 aromatic rings. The number of hydrogen-bond acceptors (Lipinski definition) is 3. The maximum absolute atomic E-state index is 9.78. The molecule has 4 nitrogen and oxygen atoms in total. The Balaban J connectivity index is 1.25. The lowest BCUT2D eigenvalue weighted by Crippen LogP contribution is -2.29. The molecular weight excluding hydrogens is 607 g/mol. The Morgan fingerprint density at radius 3 is 1.94 bits per heavy atom. The van der Waals surface area contributed by atoms with Gasteiger partial charge in [-0.15, -0.1) is 11.3 Å². The van der Waals surface area contributed by atoms with Crippen LogP contribution < -0.4 is 5.46 Å². The van der Waals surface area contributed by atoms with Crippen molar-refractivity contribution in [3.05, 3.63) is 140 Å². The van der Waals surface area contributed by atoms with Crippen molar-refractivity contribution in [1.29, 1.82) is 0 Å². The molecule has 11 rings (SSSR count). The molecule has 4 heterocycles. The molecule has 0 amide bonds. The number of benzene rings is 7. The molecule has 48 heavy (non-hydrogen) atoms. The van der Waals surface area contributed by atoms with Crippen LogP contribution in [0.4, 0.5) is 0 Å². The first-order chi connectivity index (χ1) is 23.6. The van der Waals surface area contributed by atoms with Crippen LogP contribution in [0.15, 0.2) is 140 Å². The Morgan fingerprint density at radius 2 is 1.08 bits per heavy atom. The van der Waals surface area contributed by atoms with E-state index in [0.29, 0.717) is 5.46 Å². The van der Waals surface area contributed by atoms with E-state index in [1.807, 2.05) is 12.1 Å². The first-order valence-corrected chi connectivity index (χ1v) is 17.0. The molecule has 3 aromatic heterocycles. The van der Waals surface area contributed by atoms with E-state index in [0.717, 1.165) is 26.0 Å². The fraction of sp³-hybridized carbons (Fsp3) is 0. The van der Waals surface area contributed by atoms with Crippen molar-refractivity contribution in [3.63, 3.8) is 0 Å². The Labute approximate surface area is 279 Å². The largest absolute Gasteiger partial charge is 0.488 e. The smallest absolute Gasteiger partial charge is 0.423 e. The van der Waals surface area contributed by atoms with Gasteiger partial charge in [-0.05, 0) is 59.1 Å². The highest BCUT2D eigenvalue weighted by molar-refractivity contribution is 7.25. The van der Waals surface area contributed by atoms with Crippen LogP contribution in [0.2, 0.25) is 0 Å². The van der Waals surface area contributed by atoms with Gasteiger partial charge in [0.2, 0.25) is 0 Å². The van der Waals surface area contributed by atoms with Gasteiger partial charge < -0.3 is 19.2 Å². The molecule has 1 aliphatic rings. The number of fused-ring (bicyclic) bond motifs is 14. The lowest BCUT2D eigenvalue weighted by atomic mass is 9.80. The fourth-order valence-electron chi connectivity index (χ4n) is 8.20. The van der Waals surface area contributed by atoms with Crippen LogP contribution in [0.1, 0.15) is 0 Å². The molecule has 0 saturated carbocycles. The van der Waals surface area contributed by atoms with Crippen LogP contribution in [0.5, 0.6) is 0 Å². The molecular formula is C42H25BN2O2S. The second kappa shape index (κ2) is 9.46. The molecule has 1 aliphatic heterocycles. The van der Waals surface area contributed by atoms with Gasteiger partial charge in [0.05, 0.1) is 27.8 Å². The number of para-hydroxylation sites is 3. The van der Waals surface area contributed by atoms with Crippen molar-refractivity contribution in [1.82, 2.24) is 9.13 Å². The van der Waals surface area contributed by atoms with Gasteiger partial charge >= 0.3 is 7.12 Å². The van der Waals surface area contributed by atoms with Crippen molar-refractivity contribution in [3.8, 4) is 33.6 Å². The predicted molar refractivity (Wildman–Crippen MR) is 202 cm³/mol. The summed E-state index contributed by atoms with van der Waals surface area (Å²) in [4.78, 5) is 0. The second-order valence-electron chi connectivity index (χ2n) is 12.8. The third kappa shape index (κ3) is 3.41. The number of rotatable bonds is 2. The highest BCUT2D eigenvalue weighted by Gasteiger charge is 2.25. The zero-order chi connectivity index (χ0) is 31.7. The summed E-state index contributed by atoms with van der Waals surface area (Å²) in [6, 6.07) is 50.2. The zero-order valence-electron chi connectivity index (χ0n) is 25.6. The van der Waals surface area contributed by atoms with Gasteiger partial charge in [-0.25, -0.2) is 0 Å². The number of thiophene rings is 1. The Kier molecular flexibility index (Phi) is 5.21. The van der Waals surface area contributed by atoms with E-state index in [9.17, 15) is 10.0 Å². The summed E-state index contributed by atoms with van der Waals surface area (Å²) in [7, 11) is -1.48. The molecule has 0 aliphatic carbocycles. The van der Waals surface area contributed by atoms with Crippen LogP contribution in [-0.2, 0) is 0 Å². The van der Waals surface area contributed by atoms with Crippen LogP contribution in [0.3, 0.4) is 0 Å². The van der Waals surface area contributed by atoms with Gasteiger partial charge in [0.15, 0.2) is 0 Å². The van der Waals surface area contributed by atoms with Gasteiger partial charge in [-0.2, -0.15) is 0 Å². The standard InChI is InChI=1S/C42H25BN2O2S/c46-43(47)24-16-18-30-31-19-17-25(21-41(31)48-40(30)20-24)44-36-14-5-4-11-29(36)34-22-35-33-13-7-12-32-27-9-2-1-8-26(27)28-10-3-6-15-37(28)45(42(32)33)39(35)23-38(34)44/h1-23,46-47H. The Morgan fingerprint density at radius 1 is 0.438 bits per heavy atom. The maximum Gasteiger partial charge on any atom is 0.488 e. The van der Waals surface area contributed by atoms with E-state index in [2.05, 4.69) is 130 Å². The molecule has 0 fully saturated rings. The third-order valence-electron chi connectivity index (χ3n) is 10.3. The molecule has 0 radical (unpaired) electrons. The number of nitrogens with zero attached hydrogens (tertiary/aromatic N) is 2. The van der Waals surface area contributed by atoms with Crippen LogP contribution in [0.25, 0.3) is 97.4 Å². The highest BCUT2D eigenvalue weighted by Crippen LogP contribution is 2.48. The van der Waals surface area contributed by atoms with Crippen molar-refractivity contribution in [2.24, 2.45) is 0 Å². The van der Waals surface area contributed by atoms with Gasteiger partial charge in [-0.1, -0.05) is 97.1 Å². The monoisotopic (exact) mass is 632 g/mol. The first-order valence-electron chi connectivity index (χ1n) is 16.2. The molecule has 224 valence electrons. The number of hydrogen-bond donors (Lipinski definition) is 2. The fourth-order valence-corrected chi connectivity index (χ4v) is 9.39. The number of aromatic nitrogens is 2. The molecule has 0 spiro atoms. The summed E-state index contributed by atoms with van der Waals surface area (Å²) < 4.78 is 7.09. The van der Waals surface area contributed by atoms with Crippen LogP contribution in [0, 0.1) is 0 Å². The van der Waals surface area contributed by atoms with E-state index in [4.69, 9.17) is 0 Å². The van der Waals surface area contributed by atoms with E-state index in [1.54, 1.807) is 17.4 Å². The summed E-state index contributed by atoms with van der Waals surface area (Å²) >= 11 is 1.69. The Hall–Kier alpha value is -5.66. The topological polar surface area (TPSA) is 50.3 Å². The summed E-state index contributed by atoms with van der Waals surface area (Å²) in [6.07, 6.45) is 0. The summed E-state index contributed by atoms with van der Waals surface area (Å²) in [6.45, 7) is 0. The van der Waals surface area contributed by atoms with Gasteiger partial charge in [0, 0.05) is 58.5 Å². The van der Waals surface area contributed by atoms with E-state index in [1.165, 1.54) is 71.4 Å². The molecule has 6 heteroatoms. The normalized spacial score (nSPS) is 12.4. The Bertz CT molecular complexity index is 3000. The van der Waals surface area contributed by atoms with Crippen molar-refractivity contribution < 1.29 is 10.0 Å². The zero-order valence-corrected chi connectivity index (χ0v) is 26.4. The highest BCUT2D eigenvalue weighted by atomic mass is 32.1. The minimum atomic E-state index is -1.48. The van der Waals surface area contributed by atoms with Crippen molar-refractivity contribution in [2.75, 3.05) is 0 Å². The average Bonchev–Trinajstić information content (AvgIpc) is 3.74. The van der Waals surface area contributed by atoms with E-state index < -0.39 is 7.12 Å². The van der Waals surface area contributed by atoms with Gasteiger partial charge in [0.1, 0.15) is 0 Å². The molecule has 0 unspecified atom stereocenters. The molecule has 7 aromatic carbocycles. The minimum Gasteiger partial charge on any atom is -0.423 e. The van der Waals surface area contributed by atoms with Gasteiger partial charge in [-0.3, -0.25) is 0 Å². The average molecular weight is 633 g/mol. The molecule has 0 bridgehead atoms. The SMILES string of the molecule is OB(O)c1ccc2c(c1)sc1cc(-n3c4ccccc4c4cc5c6cccc7c6n(c5cc43)-c3ccccc3-c3ccccc3-7)ccc12. The van der Waals surface area contributed by atoms with Crippen molar-refractivity contribution >= 4 is 87.7 Å². The van der Waals surface area contributed by atoms with Crippen LogP contribution in [-0.4, -0.2) is 26.3 Å². The maximum atomic E-state index is 9.78. The van der Waals surface area contributed by atoms with E-state index >= 15 is 0 Å². The second-order valence-corrected chi connectivity index (χ2v) is 13.8. The van der Waals surface area contributed by atoms with Gasteiger partial charge in [0.25, 0.3) is 0 Å². The summed E-state index contributed by atoms with van der Waals surface area (Å²) in [5.41, 5.74) is 12.6. The lowest BCUT2D eigenvalue weighted by Gasteiger charge is -2.13. The minimum absolute atomic E-state index is 0.507. The molecule has 0 saturated heterocycles. The predicted octanol–water partition coefficient (Wildman–Crippen LogP) is 9.58. The quantitative estimate of drug-likeness (QED) is 0.187. The van der Waals surface area contributed by atoms with E-state index in [-0.39, 0.29) is 0 Å². The third-order valence-corrected chi connectivity index (χ3v) is 11.4. The lowest BCUT2D eigenvalue weighted by molar-refractivity contribution is 0.426. The van der Waals surface area contributed by atoms with Crippen LogP contribution >= 0.6 is 11.3 Å². The first kappa shape index (κ1) is 26.4. The van der Waals surface area contributed by atoms with Crippen molar-refractivity contribution in [2.45, 2.75) is 0 Å². The molecule has 2 N–H and O–H groups in total.